The number of benzene rings is 3. The number of imidazole rings is 1. The number of nitrogens with one attached hydrogen (secondary N) is 1. The molecule has 5 rings (SSSR count). The van der Waals surface area contributed by atoms with Crippen molar-refractivity contribution < 1.29 is 4.79 Å². The smallest absolute Gasteiger partial charge is 0.223 e. The Balaban J connectivity index is 1.30. The summed E-state index contributed by atoms with van der Waals surface area (Å²) in [5.74, 6) is 1.13. The summed E-state index contributed by atoms with van der Waals surface area (Å²) in [6.45, 7) is 7.21. The quantitative estimate of drug-likeness (QED) is 0.370. The number of anilines is 1. The number of aryl methyl sites for hydroxylation is 2. The third-order valence-electron chi connectivity index (χ3n) is 6.97. The SMILES string of the molecule is Cc1ccc(C)c(Cn2c(N3CCC(C(=O)NCc4cccc(Cl)c4)CC3)nc3ccccc32)c1. The number of carbonyl (C=O) groups is 1. The number of rotatable bonds is 6. The second-order valence-electron chi connectivity index (χ2n) is 9.53. The Labute approximate surface area is 211 Å². The van der Waals surface area contributed by atoms with E-state index in [1.54, 1.807) is 0 Å². The van der Waals surface area contributed by atoms with Gasteiger partial charge < -0.3 is 14.8 Å². The third kappa shape index (κ3) is 5.20. The van der Waals surface area contributed by atoms with Gasteiger partial charge in [0.2, 0.25) is 11.9 Å². The van der Waals surface area contributed by atoms with E-state index in [2.05, 4.69) is 65.0 Å². The highest BCUT2D eigenvalue weighted by atomic mass is 35.5. The normalized spacial score (nSPS) is 14.4. The van der Waals surface area contributed by atoms with Gasteiger partial charge in [0, 0.05) is 30.6 Å². The predicted octanol–water partition coefficient (Wildman–Crippen LogP) is 5.89. The van der Waals surface area contributed by atoms with E-state index in [1.165, 1.54) is 16.7 Å². The number of aromatic nitrogens is 2. The zero-order chi connectivity index (χ0) is 24.4. The van der Waals surface area contributed by atoms with Crippen LogP contribution in [0.5, 0.6) is 0 Å². The minimum Gasteiger partial charge on any atom is -0.352 e. The summed E-state index contributed by atoms with van der Waals surface area (Å²) in [4.78, 5) is 20.2. The maximum absolute atomic E-state index is 12.8. The van der Waals surface area contributed by atoms with Crippen molar-refractivity contribution in [2.24, 2.45) is 5.92 Å². The average molecular weight is 487 g/mol. The number of nitrogens with zero attached hydrogens (tertiary/aromatic N) is 3. The van der Waals surface area contributed by atoms with Gasteiger partial charge in [-0.15, -0.1) is 0 Å². The van der Waals surface area contributed by atoms with Crippen LogP contribution in [0.3, 0.4) is 0 Å². The van der Waals surface area contributed by atoms with Crippen molar-refractivity contribution in [1.29, 1.82) is 0 Å². The van der Waals surface area contributed by atoms with Crippen LogP contribution in [0.4, 0.5) is 5.95 Å². The zero-order valence-electron chi connectivity index (χ0n) is 20.3. The van der Waals surface area contributed by atoms with Crippen molar-refractivity contribution in [1.82, 2.24) is 14.9 Å². The van der Waals surface area contributed by atoms with E-state index in [1.807, 2.05) is 30.3 Å². The first-order valence-corrected chi connectivity index (χ1v) is 12.6. The molecular weight excluding hydrogens is 456 g/mol. The van der Waals surface area contributed by atoms with Crippen LogP contribution >= 0.6 is 11.6 Å². The fourth-order valence-electron chi connectivity index (χ4n) is 4.92. The minimum absolute atomic E-state index is 0.0160. The van der Waals surface area contributed by atoms with Crippen molar-refractivity contribution >= 4 is 34.5 Å². The highest BCUT2D eigenvalue weighted by Crippen LogP contribution is 2.29. The highest BCUT2D eigenvalue weighted by molar-refractivity contribution is 6.30. The minimum atomic E-state index is 0.0160. The summed E-state index contributed by atoms with van der Waals surface area (Å²) < 4.78 is 2.33. The number of piperidine rings is 1. The van der Waals surface area contributed by atoms with Gasteiger partial charge in [0.25, 0.3) is 0 Å². The molecule has 0 bridgehead atoms. The van der Waals surface area contributed by atoms with Crippen LogP contribution in [0.1, 0.15) is 35.1 Å². The predicted molar refractivity (Wildman–Crippen MR) is 143 cm³/mol. The summed E-state index contributed by atoms with van der Waals surface area (Å²) in [6, 6.07) is 22.6. The first-order chi connectivity index (χ1) is 17.0. The maximum Gasteiger partial charge on any atom is 0.223 e. The molecule has 0 saturated carbocycles. The third-order valence-corrected chi connectivity index (χ3v) is 7.21. The molecule has 1 aromatic heterocycles. The summed E-state index contributed by atoms with van der Waals surface area (Å²) >= 11 is 6.07. The van der Waals surface area contributed by atoms with E-state index >= 15 is 0 Å². The van der Waals surface area contributed by atoms with E-state index in [-0.39, 0.29) is 11.8 Å². The van der Waals surface area contributed by atoms with Gasteiger partial charge in [0.05, 0.1) is 17.6 Å². The molecule has 5 nitrogen and oxygen atoms in total. The Morgan fingerprint density at radius 2 is 1.83 bits per heavy atom. The molecule has 180 valence electrons. The molecule has 0 atom stereocenters. The molecule has 1 aliphatic rings. The molecule has 35 heavy (non-hydrogen) atoms. The topological polar surface area (TPSA) is 50.2 Å². The standard InChI is InChI=1S/C29H31ClN4O/c1-20-10-11-21(2)24(16-20)19-34-27-9-4-3-8-26(27)32-29(34)33-14-12-23(13-15-33)28(35)31-18-22-6-5-7-25(30)17-22/h3-11,16-17,23H,12-15,18-19H2,1-2H3,(H,31,35). The molecule has 1 N–H and O–H groups in total. The van der Waals surface area contributed by atoms with Crippen molar-refractivity contribution in [3.63, 3.8) is 0 Å². The number of amides is 1. The van der Waals surface area contributed by atoms with Gasteiger partial charge in [-0.1, -0.05) is 59.6 Å². The van der Waals surface area contributed by atoms with Gasteiger partial charge in [0.15, 0.2) is 0 Å². The first kappa shape index (κ1) is 23.4. The molecule has 6 heteroatoms. The van der Waals surface area contributed by atoms with Gasteiger partial charge in [-0.25, -0.2) is 4.98 Å². The van der Waals surface area contributed by atoms with Gasteiger partial charge in [-0.2, -0.15) is 0 Å². The fourth-order valence-corrected chi connectivity index (χ4v) is 5.14. The molecule has 0 spiro atoms. The number of fused-ring (bicyclic) bond motifs is 1. The molecule has 0 radical (unpaired) electrons. The second-order valence-corrected chi connectivity index (χ2v) is 9.96. The number of hydrogen-bond donors (Lipinski definition) is 1. The molecule has 1 aliphatic heterocycles. The molecule has 0 unspecified atom stereocenters. The molecule has 1 amide bonds. The van der Waals surface area contributed by atoms with Crippen LogP contribution in [0.2, 0.25) is 5.02 Å². The Morgan fingerprint density at radius 1 is 1.03 bits per heavy atom. The van der Waals surface area contributed by atoms with Crippen LogP contribution in [-0.4, -0.2) is 28.5 Å². The number of para-hydroxylation sites is 2. The summed E-state index contributed by atoms with van der Waals surface area (Å²) in [7, 11) is 0. The van der Waals surface area contributed by atoms with E-state index < -0.39 is 0 Å². The Kier molecular flexibility index (Phi) is 6.78. The maximum atomic E-state index is 12.8. The van der Waals surface area contributed by atoms with Crippen molar-refractivity contribution in [2.45, 2.75) is 39.8 Å². The van der Waals surface area contributed by atoms with E-state index in [0.29, 0.717) is 11.6 Å². The Morgan fingerprint density at radius 3 is 2.63 bits per heavy atom. The zero-order valence-corrected chi connectivity index (χ0v) is 21.1. The van der Waals surface area contributed by atoms with Crippen molar-refractivity contribution in [3.05, 3.63) is 94.0 Å². The van der Waals surface area contributed by atoms with E-state index in [0.717, 1.165) is 55.0 Å². The lowest BCUT2D eigenvalue weighted by Crippen LogP contribution is -2.41. The van der Waals surface area contributed by atoms with Crippen LogP contribution in [-0.2, 0) is 17.9 Å². The molecule has 4 aromatic rings. The average Bonchev–Trinajstić information content (AvgIpc) is 3.23. The molecule has 0 aliphatic carbocycles. The van der Waals surface area contributed by atoms with Crippen LogP contribution < -0.4 is 10.2 Å². The summed E-state index contributed by atoms with van der Waals surface area (Å²) in [6.07, 6.45) is 1.63. The first-order valence-electron chi connectivity index (χ1n) is 12.3. The van der Waals surface area contributed by atoms with Crippen LogP contribution in [0.25, 0.3) is 11.0 Å². The summed E-state index contributed by atoms with van der Waals surface area (Å²) in [5, 5.41) is 3.78. The fraction of sp³-hybridized carbons (Fsp3) is 0.310. The Bertz CT molecular complexity index is 1350. The van der Waals surface area contributed by atoms with Gasteiger partial charge in [-0.05, 0) is 67.6 Å². The van der Waals surface area contributed by atoms with Crippen LogP contribution in [0.15, 0.2) is 66.7 Å². The van der Waals surface area contributed by atoms with Gasteiger partial charge >= 0.3 is 0 Å². The molecule has 1 fully saturated rings. The second kappa shape index (κ2) is 10.1. The number of hydrogen-bond acceptors (Lipinski definition) is 3. The Hall–Kier alpha value is -3.31. The highest BCUT2D eigenvalue weighted by Gasteiger charge is 2.27. The lowest BCUT2D eigenvalue weighted by molar-refractivity contribution is -0.125. The lowest BCUT2D eigenvalue weighted by atomic mass is 9.96. The van der Waals surface area contributed by atoms with Crippen molar-refractivity contribution in [2.75, 3.05) is 18.0 Å². The van der Waals surface area contributed by atoms with Gasteiger partial charge in [-0.3, -0.25) is 4.79 Å². The molecule has 1 saturated heterocycles. The molecule has 2 heterocycles. The van der Waals surface area contributed by atoms with E-state index in [4.69, 9.17) is 16.6 Å². The number of carbonyl (C=O) groups excluding carboxylic acids is 1. The van der Waals surface area contributed by atoms with Crippen LogP contribution in [0, 0.1) is 19.8 Å². The summed E-state index contributed by atoms with van der Waals surface area (Å²) in [5.41, 5.74) is 7.03. The largest absolute Gasteiger partial charge is 0.352 e. The van der Waals surface area contributed by atoms with Crippen molar-refractivity contribution in [3.8, 4) is 0 Å². The molecule has 3 aromatic carbocycles. The molecular formula is C29H31ClN4O. The van der Waals surface area contributed by atoms with Gasteiger partial charge in [0.1, 0.15) is 0 Å². The lowest BCUT2D eigenvalue weighted by Gasteiger charge is -2.32. The van der Waals surface area contributed by atoms with E-state index in [9.17, 15) is 4.79 Å². The number of halogens is 1. The monoisotopic (exact) mass is 486 g/mol.